The summed E-state index contributed by atoms with van der Waals surface area (Å²) >= 11 is 1.66. The highest BCUT2D eigenvalue weighted by Crippen LogP contribution is 2.31. The predicted molar refractivity (Wildman–Crippen MR) is 130 cm³/mol. The van der Waals surface area contributed by atoms with Crippen molar-refractivity contribution in [1.82, 2.24) is 19.7 Å². The number of nitrogens with one attached hydrogen (secondary N) is 1. The summed E-state index contributed by atoms with van der Waals surface area (Å²) in [5.74, 6) is 1.67. The van der Waals surface area contributed by atoms with Crippen molar-refractivity contribution < 1.29 is 0 Å². The third-order valence-electron chi connectivity index (χ3n) is 5.59. The maximum absolute atomic E-state index is 4.97. The number of aromatic nitrogens is 4. The van der Waals surface area contributed by atoms with Crippen molar-refractivity contribution in [2.75, 3.05) is 5.32 Å². The number of nitrogens with zero attached hydrogens (tertiary/aromatic N) is 4. The molecule has 156 valence electrons. The number of rotatable bonds is 4. The molecular weight excluding hydrogens is 402 g/mol. The van der Waals surface area contributed by atoms with E-state index >= 15 is 0 Å². The average molecular weight is 428 g/mol. The number of aryl methyl sites for hydroxylation is 5. The third-order valence-corrected chi connectivity index (χ3v) is 6.52. The molecule has 0 aliphatic carbocycles. The van der Waals surface area contributed by atoms with Crippen LogP contribution >= 0.6 is 11.3 Å². The molecule has 0 saturated carbocycles. The highest BCUT2D eigenvalue weighted by molar-refractivity contribution is 7.22. The van der Waals surface area contributed by atoms with Crippen LogP contribution in [0.2, 0.25) is 0 Å². The summed E-state index contributed by atoms with van der Waals surface area (Å²) in [6.07, 6.45) is 1.02. The maximum Gasteiger partial charge on any atom is 0.189 e. The average Bonchev–Trinajstić information content (AvgIpc) is 3.30. The standard InChI is InChI=1S/C25H25N5S/c1-6-18-7-8-20-21(13-18)31-25(26-20)28-23-12-17(5)29-30(23)22-11-15(3)19-10-14(2)9-16(4)24(19)27-22/h7-13H,6H2,1-5H3,(H,26,28). The highest BCUT2D eigenvalue weighted by atomic mass is 32.1. The number of fused-ring (bicyclic) bond motifs is 2. The minimum Gasteiger partial charge on any atom is -0.316 e. The van der Waals surface area contributed by atoms with Gasteiger partial charge in [0.05, 0.1) is 21.4 Å². The van der Waals surface area contributed by atoms with E-state index in [0.29, 0.717) is 0 Å². The monoisotopic (exact) mass is 427 g/mol. The van der Waals surface area contributed by atoms with Crippen molar-refractivity contribution in [2.45, 2.75) is 41.0 Å². The van der Waals surface area contributed by atoms with Crippen LogP contribution < -0.4 is 5.32 Å². The van der Waals surface area contributed by atoms with Gasteiger partial charge in [-0.1, -0.05) is 36.0 Å². The molecule has 5 nitrogen and oxygen atoms in total. The van der Waals surface area contributed by atoms with Gasteiger partial charge in [0, 0.05) is 11.5 Å². The van der Waals surface area contributed by atoms with Gasteiger partial charge in [-0.05, 0) is 75.1 Å². The molecule has 0 amide bonds. The number of benzene rings is 2. The molecule has 3 heterocycles. The molecule has 2 aromatic carbocycles. The van der Waals surface area contributed by atoms with Gasteiger partial charge < -0.3 is 5.32 Å². The molecule has 5 rings (SSSR count). The van der Waals surface area contributed by atoms with Crippen LogP contribution in [0, 0.1) is 27.7 Å². The Kier molecular flexibility index (Phi) is 4.74. The van der Waals surface area contributed by atoms with Gasteiger partial charge in [-0.2, -0.15) is 9.78 Å². The maximum atomic E-state index is 4.97. The molecule has 0 unspecified atom stereocenters. The van der Waals surface area contributed by atoms with Crippen LogP contribution in [0.25, 0.3) is 26.9 Å². The van der Waals surface area contributed by atoms with Crippen LogP contribution in [0.4, 0.5) is 10.9 Å². The summed E-state index contributed by atoms with van der Waals surface area (Å²) in [6.45, 7) is 10.5. The van der Waals surface area contributed by atoms with E-state index in [1.807, 2.05) is 17.7 Å². The lowest BCUT2D eigenvalue weighted by Gasteiger charge is -2.12. The Labute approximate surface area is 185 Å². The zero-order valence-corrected chi connectivity index (χ0v) is 19.3. The molecule has 0 aliphatic rings. The molecule has 0 aliphatic heterocycles. The van der Waals surface area contributed by atoms with Crippen LogP contribution in [-0.2, 0) is 6.42 Å². The predicted octanol–water partition coefficient (Wildman–Crippen LogP) is 6.57. The molecule has 0 fully saturated rings. The molecule has 0 bridgehead atoms. The van der Waals surface area contributed by atoms with Gasteiger partial charge in [-0.3, -0.25) is 0 Å². The quantitative estimate of drug-likeness (QED) is 0.352. The topological polar surface area (TPSA) is 55.6 Å². The van der Waals surface area contributed by atoms with Gasteiger partial charge in [0.2, 0.25) is 0 Å². The summed E-state index contributed by atoms with van der Waals surface area (Å²) < 4.78 is 3.07. The molecule has 0 atom stereocenters. The van der Waals surface area contributed by atoms with Crippen molar-refractivity contribution in [3.05, 3.63) is 70.4 Å². The molecule has 31 heavy (non-hydrogen) atoms. The molecule has 5 aromatic rings. The van der Waals surface area contributed by atoms with E-state index in [2.05, 4.69) is 69.4 Å². The Morgan fingerprint density at radius 2 is 1.77 bits per heavy atom. The van der Waals surface area contributed by atoms with Crippen molar-refractivity contribution >= 4 is 43.4 Å². The second kappa shape index (κ2) is 7.46. The zero-order valence-electron chi connectivity index (χ0n) is 18.4. The fourth-order valence-corrected chi connectivity index (χ4v) is 4.99. The van der Waals surface area contributed by atoms with Gasteiger partial charge >= 0.3 is 0 Å². The SMILES string of the molecule is CCc1ccc2nc(Nc3cc(C)nn3-c3cc(C)c4cc(C)cc(C)c4n3)sc2c1. The molecular formula is C25H25N5S. The first-order valence-electron chi connectivity index (χ1n) is 10.5. The first kappa shape index (κ1) is 19.7. The van der Waals surface area contributed by atoms with Crippen LogP contribution in [0.1, 0.15) is 34.9 Å². The smallest absolute Gasteiger partial charge is 0.189 e. The number of thiazole rings is 1. The summed E-state index contributed by atoms with van der Waals surface area (Å²) in [4.78, 5) is 9.74. The van der Waals surface area contributed by atoms with E-state index in [0.717, 1.165) is 39.9 Å². The van der Waals surface area contributed by atoms with Crippen LogP contribution in [0.3, 0.4) is 0 Å². The molecule has 0 radical (unpaired) electrons. The Balaban J connectivity index is 1.58. The van der Waals surface area contributed by atoms with E-state index in [4.69, 9.17) is 15.1 Å². The number of anilines is 2. The lowest BCUT2D eigenvalue weighted by Crippen LogP contribution is -2.06. The molecule has 6 heteroatoms. The largest absolute Gasteiger partial charge is 0.316 e. The summed E-state index contributed by atoms with van der Waals surface area (Å²) in [5.41, 5.74) is 7.91. The van der Waals surface area contributed by atoms with Crippen molar-refractivity contribution in [3.63, 3.8) is 0 Å². The lowest BCUT2D eigenvalue weighted by molar-refractivity contribution is 0.842. The van der Waals surface area contributed by atoms with E-state index in [-0.39, 0.29) is 0 Å². The Hall–Kier alpha value is -3.25. The van der Waals surface area contributed by atoms with Crippen molar-refractivity contribution in [3.8, 4) is 5.82 Å². The Bertz CT molecular complexity index is 1440. The van der Waals surface area contributed by atoms with Crippen molar-refractivity contribution in [1.29, 1.82) is 0 Å². The highest BCUT2D eigenvalue weighted by Gasteiger charge is 2.14. The molecule has 1 N–H and O–H groups in total. The number of pyridine rings is 1. The first-order chi connectivity index (χ1) is 14.9. The van der Waals surface area contributed by atoms with Gasteiger partial charge in [-0.15, -0.1) is 0 Å². The van der Waals surface area contributed by atoms with Crippen LogP contribution in [-0.4, -0.2) is 19.7 Å². The van der Waals surface area contributed by atoms with Gasteiger partial charge in [0.1, 0.15) is 5.82 Å². The summed E-state index contributed by atoms with van der Waals surface area (Å²) in [6, 6.07) is 15.0. The molecule has 0 spiro atoms. The Morgan fingerprint density at radius 1 is 0.935 bits per heavy atom. The second-order valence-corrected chi connectivity index (χ2v) is 9.19. The zero-order chi connectivity index (χ0) is 21.7. The number of hydrogen-bond donors (Lipinski definition) is 1. The summed E-state index contributed by atoms with van der Waals surface area (Å²) in [7, 11) is 0. The van der Waals surface area contributed by atoms with E-state index in [1.165, 1.54) is 32.3 Å². The third kappa shape index (κ3) is 3.57. The number of hydrogen-bond acceptors (Lipinski definition) is 5. The van der Waals surface area contributed by atoms with Gasteiger partial charge in [-0.25, -0.2) is 9.97 Å². The first-order valence-corrected chi connectivity index (χ1v) is 11.3. The molecule has 3 aromatic heterocycles. The van der Waals surface area contributed by atoms with E-state index < -0.39 is 0 Å². The summed E-state index contributed by atoms with van der Waals surface area (Å²) in [5, 5.41) is 10.2. The van der Waals surface area contributed by atoms with Crippen LogP contribution in [0.5, 0.6) is 0 Å². The molecule has 0 saturated heterocycles. The van der Waals surface area contributed by atoms with E-state index in [1.54, 1.807) is 11.3 Å². The van der Waals surface area contributed by atoms with E-state index in [9.17, 15) is 0 Å². The minimum atomic E-state index is 0.807. The Morgan fingerprint density at radius 3 is 2.58 bits per heavy atom. The fraction of sp³-hybridized carbons (Fsp3) is 0.240. The fourth-order valence-electron chi connectivity index (χ4n) is 4.05. The van der Waals surface area contributed by atoms with Crippen LogP contribution in [0.15, 0.2) is 42.5 Å². The second-order valence-electron chi connectivity index (χ2n) is 8.16. The normalized spacial score (nSPS) is 11.5. The van der Waals surface area contributed by atoms with Gasteiger partial charge in [0.15, 0.2) is 10.9 Å². The lowest BCUT2D eigenvalue weighted by atomic mass is 10.0. The minimum absolute atomic E-state index is 0.807. The van der Waals surface area contributed by atoms with Crippen molar-refractivity contribution in [2.24, 2.45) is 0 Å². The van der Waals surface area contributed by atoms with Gasteiger partial charge in [0.25, 0.3) is 0 Å².